The third-order valence-electron chi connectivity index (χ3n) is 1.46. The van der Waals surface area contributed by atoms with Gasteiger partial charge < -0.3 is 9.47 Å². The normalized spacial score (nSPS) is 13.1. The maximum absolute atomic E-state index is 10.8. The third-order valence-corrected chi connectivity index (χ3v) is 1.62. The van der Waals surface area contributed by atoms with Crippen molar-refractivity contribution >= 4 is 24.8 Å². The lowest BCUT2D eigenvalue weighted by Gasteiger charge is -2.26. The summed E-state index contributed by atoms with van der Waals surface area (Å²) in [6.45, 7) is 3.16. The number of hydrogen-bond donors (Lipinski definition) is 1. The Hall–Kier alpha value is -0.750. The van der Waals surface area contributed by atoms with Gasteiger partial charge in [0.05, 0.1) is 26.9 Å². The van der Waals surface area contributed by atoms with Gasteiger partial charge in [-0.15, -0.1) is 0 Å². The Labute approximate surface area is 95.5 Å². The number of carbonyl (C=O) groups is 2. The Balaban J connectivity index is 4.18. The van der Waals surface area contributed by atoms with E-state index in [0.717, 1.165) is 0 Å². The summed E-state index contributed by atoms with van der Waals surface area (Å²) in [6, 6.07) is 0. The Morgan fingerprint density at radius 3 is 2.13 bits per heavy atom. The molecular weight excluding hydrogens is 218 g/mol. The van der Waals surface area contributed by atoms with Gasteiger partial charge in [0.25, 0.3) is 0 Å². The lowest BCUT2D eigenvalue weighted by molar-refractivity contribution is -0.751. The van der Waals surface area contributed by atoms with E-state index in [0.29, 0.717) is 10.4 Å². The number of thiol groups is 1. The minimum atomic E-state index is -0.459. The first kappa shape index (κ1) is 14.2. The van der Waals surface area contributed by atoms with E-state index in [9.17, 15) is 9.59 Å². The first-order valence-electron chi connectivity index (χ1n) is 4.57. The van der Waals surface area contributed by atoms with Crippen LogP contribution in [-0.2, 0) is 19.1 Å². The fourth-order valence-corrected chi connectivity index (χ4v) is 1.25. The molecule has 5 nitrogen and oxygen atoms in total. The third kappa shape index (κ3) is 9.55. The molecule has 0 aromatic heterocycles. The van der Waals surface area contributed by atoms with Crippen molar-refractivity contribution in [2.45, 2.75) is 20.0 Å². The van der Waals surface area contributed by atoms with Gasteiger partial charge in [0.1, 0.15) is 13.2 Å². The quantitative estimate of drug-likeness (QED) is 0.426. The molecule has 0 saturated heterocycles. The Morgan fingerprint density at radius 1 is 1.27 bits per heavy atom. The topological polar surface area (TPSA) is 52.6 Å². The van der Waals surface area contributed by atoms with Crippen LogP contribution in [0.2, 0.25) is 0 Å². The van der Waals surface area contributed by atoms with Gasteiger partial charge in [-0.2, -0.15) is 0 Å². The molecule has 0 aliphatic heterocycles. The van der Waals surface area contributed by atoms with Crippen LogP contribution in [0, 0.1) is 0 Å². The maximum atomic E-state index is 10.8. The van der Waals surface area contributed by atoms with Gasteiger partial charge in [-0.1, -0.05) is 0 Å². The second-order valence-electron chi connectivity index (χ2n) is 3.84. The summed E-state index contributed by atoms with van der Waals surface area (Å²) in [5.41, 5.74) is 0. The van der Waals surface area contributed by atoms with Crippen LogP contribution in [0.3, 0.4) is 0 Å². The molecule has 0 aliphatic rings. The molecule has 0 aromatic carbocycles. The van der Waals surface area contributed by atoms with E-state index in [-0.39, 0.29) is 6.61 Å². The van der Waals surface area contributed by atoms with E-state index < -0.39 is 18.0 Å². The zero-order valence-corrected chi connectivity index (χ0v) is 10.4. The molecule has 88 valence electrons. The molecule has 15 heavy (non-hydrogen) atoms. The van der Waals surface area contributed by atoms with Crippen molar-refractivity contribution in [3.05, 3.63) is 0 Å². The molecule has 0 aromatic rings. The maximum Gasteiger partial charge on any atom is 0.303 e. The second kappa shape index (κ2) is 5.97. The van der Waals surface area contributed by atoms with Crippen LogP contribution < -0.4 is 0 Å². The lowest BCUT2D eigenvalue weighted by atomic mass is 10.3. The summed E-state index contributed by atoms with van der Waals surface area (Å²) < 4.78 is 10.1. The summed E-state index contributed by atoms with van der Waals surface area (Å²) in [5, 5.41) is 0. The number of likely N-dealkylation sites (N-methyl/N-ethyl adjacent to an activating group) is 1. The predicted molar refractivity (Wildman–Crippen MR) is 58.1 cm³/mol. The number of quaternary nitrogens is 1. The van der Waals surface area contributed by atoms with Crippen molar-refractivity contribution in [2.75, 3.05) is 27.2 Å². The number of ether oxygens (including phenoxy) is 2. The van der Waals surface area contributed by atoms with E-state index in [1.54, 1.807) is 0 Å². The Bertz CT molecular complexity index is 237. The van der Waals surface area contributed by atoms with Crippen LogP contribution >= 0.6 is 12.8 Å². The first-order valence-corrected chi connectivity index (χ1v) is 4.97. The largest absolute Gasteiger partial charge is 0.462 e. The zero-order valence-electron chi connectivity index (χ0n) is 9.52. The van der Waals surface area contributed by atoms with Gasteiger partial charge >= 0.3 is 11.9 Å². The van der Waals surface area contributed by atoms with Crippen LogP contribution in [-0.4, -0.2) is 49.2 Å². The van der Waals surface area contributed by atoms with Crippen LogP contribution in [0.15, 0.2) is 0 Å². The van der Waals surface area contributed by atoms with Crippen molar-refractivity contribution in [3.8, 4) is 0 Å². The summed E-state index contributed by atoms with van der Waals surface area (Å²) in [5.74, 6) is -0.787. The van der Waals surface area contributed by atoms with Crippen molar-refractivity contribution in [2.24, 2.45) is 0 Å². The molecule has 0 fully saturated rings. The fourth-order valence-electron chi connectivity index (χ4n) is 1.07. The van der Waals surface area contributed by atoms with Crippen molar-refractivity contribution in [1.82, 2.24) is 0 Å². The van der Waals surface area contributed by atoms with E-state index in [1.165, 1.54) is 13.8 Å². The average Bonchev–Trinajstić information content (AvgIpc) is 1.95. The van der Waals surface area contributed by atoms with Crippen LogP contribution in [0.1, 0.15) is 13.8 Å². The Morgan fingerprint density at radius 2 is 1.80 bits per heavy atom. The number of hydrogen-bond acceptors (Lipinski definition) is 5. The molecule has 1 unspecified atom stereocenters. The highest BCUT2D eigenvalue weighted by Gasteiger charge is 2.23. The van der Waals surface area contributed by atoms with Crippen molar-refractivity contribution in [3.63, 3.8) is 0 Å². The monoisotopic (exact) mass is 236 g/mol. The second-order valence-corrected chi connectivity index (χ2v) is 4.92. The molecule has 0 rings (SSSR count). The van der Waals surface area contributed by atoms with E-state index in [1.807, 2.05) is 14.1 Å². The highest BCUT2D eigenvalue weighted by Crippen LogP contribution is 2.07. The van der Waals surface area contributed by atoms with Gasteiger partial charge in [0, 0.05) is 13.8 Å². The molecule has 0 radical (unpaired) electrons. The smallest absolute Gasteiger partial charge is 0.303 e. The molecular formula is C9H18NO4S+. The first-order chi connectivity index (χ1) is 6.70. The number of carbonyl (C=O) groups excluding carboxylic acids is 2. The number of nitrogens with zero attached hydrogens (tertiary/aromatic N) is 1. The van der Waals surface area contributed by atoms with Gasteiger partial charge in [0.2, 0.25) is 0 Å². The van der Waals surface area contributed by atoms with E-state index >= 15 is 0 Å². The highest BCUT2D eigenvalue weighted by molar-refractivity contribution is 7.74. The number of rotatable bonds is 5. The fraction of sp³-hybridized carbons (Fsp3) is 0.778. The summed E-state index contributed by atoms with van der Waals surface area (Å²) in [4.78, 5) is 21.4. The molecule has 0 N–H and O–H groups in total. The number of esters is 2. The zero-order chi connectivity index (χ0) is 12.1. The summed E-state index contributed by atoms with van der Waals surface area (Å²) >= 11 is 4.27. The van der Waals surface area contributed by atoms with Gasteiger partial charge in [-0.05, 0) is 0 Å². The Kier molecular flexibility index (Phi) is 5.67. The minimum Gasteiger partial charge on any atom is -0.462 e. The molecule has 0 spiro atoms. The highest BCUT2D eigenvalue weighted by atomic mass is 32.1. The van der Waals surface area contributed by atoms with Gasteiger partial charge in [-0.25, -0.2) is 0 Å². The molecule has 0 amide bonds. The summed E-state index contributed by atoms with van der Waals surface area (Å²) in [7, 11) is 3.68. The van der Waals surface area contributed by atoms with Gasteiger partial charge in [-0.3, -0.25) is 13.5 Å². The van der Waals surface area contributed by atoms with E-state index in [4.69, 9.17) is 9.47 Å². The minimum absolute atomic E-state index is 0.0666. The standard InChI is InChI=1S/C9H18NO4S/c1-7(11)13-6-9(14-8(2)12)5-10(3,4)15/h9,15H,5-6H2,1-4H3/q+1. The molecule has 1 atom stereocenters. The average molecular weight is 236 g/mol. The molecule has 0 bridgehead atoms. The van der Waals surface area contributed by atoms with E-state index in [2.05, 4.69) is 12.8 Å². The van der Waals surface area contributed by atoms with Crippen molar-refractivity contribution in [1.29, 1.82) is 0 Å². The molecule has 0 aliphatic carbocycles. The summed E-state index contributed by atoms with van der Waals surface area (Å²) in [6.07, 6.45) is -0.459. The molecule has 0 saturated carbocycles. The lowest BCUT2D eigenvalue weighted by Crippen LogP contribution is -2.41. The predicted octanol–water partition coefficient (Wildman–Crippen LogP) is 0.402. The van der Waals surface area contributed by atoms with Crippen LogP contribution in [0.5, 0.6) is 0 Å². The SMILES string of the molecule is CC(=O)OCC(C[N+](C)(C)S)OC(C)=O. The van der Waals surface area contributed by atoms with Crippen LogP contribution in [0.4, 0.5) is 0 Å². The molecule has 0 heterocycles. The van der Waals surface area contributed by atoms with Crippen molar-refractivity contribution < 1.29 is 23.0 Å². The molecule has 6 heteroatoms. The van der Waals surface area contributed by atoms with Gasteiger partial charge in [0.15, 0.2) is 6.10 Å². The van der Waals surface area contributed by atoms with Crippen LogP contribution in [0.25, 0.3) is 0 Å².